The molecule has 1 aliphatic carbocycles. The van der Waals surface area contributed by atoms with Gasteiger partial charge in [-0.3, -0.25) is 4.79 Å². The topological polar surface area (TPSA) is 110 Å². The number of hydrogen-bond donors (Lipinski definition) is 1. The second-order valence-electron chi connectivity index (χ2n) is 4.35. The van der Waals surface area contributed by atoms with Crippen LogP contribution < -0.4 is 5.73 Å². The van der Waals surface area contributed by atoms with Gasteiger partial charge in [0.25, 0.3) is 5.78 Å². The van der Waals surface area contributed by atoms with Gasteiger partial charge in [-0.2, -0.15) is 14.8 Å². The highest BCUT2D eigenvalue weighted by atomic mass is 16.1. The van der Waals surface area contributed by atoms with Gasteiger partial charge in [0.1, 0.15) is 6.07 Å². The fraction of sp³-hybridized carbons (Fsp3) is 0. The molecule has 1 aromatic carbocycles. The van der Waals surface area contributed by atoms with Crippen molar-refractivity contribution in [3.8, 4) is 17.3 Å². The molecule has 2 aromatic heterocycles. The number of aromatic nitrogens is 4. The van der Waals surface area contributed by atoms with Crippen LogP contribution in [0, 0.1) is 11.3 Å². The minimum Gasteiger partial charge on any atom is -0.366 e. The van der Waals surface area contributed by atoms with Gasteiger partial charge in [-0.15, -0.1) is 5.10 Å². The molecule has 2 heterocycles. The van der Waals surface area contributed by atoms with Crippen LogP contribution in [0.25, 0.3) is 17.0 Å². The maximum absolute atomic E-state index is 12.4. The highest BCUT2D eigenvalue weighted by Crippen LogP contribution is 2.36. The number of carbonyl (C=O) groups is 1. The van der Waals surface area contributed by atoms with Crippen LogP contribution in [0.5, 0.6) is 0 Å². The second-order valence-corrected chi connectivity index (χ2v) is 4.35. The smallest absolute Gasteiger partial charge is 0.255 e. The van der Waals surface area contributed by atoms with Crippen LogP contribution in [0.3, 0.4) is 0 Å². The largest absolute Gasteiger partial charge is 0.366 e. The van der Waals surface area contributed by atoms with Crippen molar-refractivity contribution in [1.82, 2.24) is 19.6 Å². The predicted octanol–water partition coefficient (Wildman–Crippen LogP) is 0.790. The van der Waals surface area contributed by atoms with Gasteiger partial charge in [-0.1, -0.05) is 24.3 Å². The average molecular weight is 262 g/mol. The zero-order valence-electron chi connectivity index (χ0n) is 10.0. The van der Waals surface area contributed by atoms with Crippen molar-refractivity contribution in [3.05, 3.63) is 41.1 Å². The normalized spacial score (nSPS) is 12.2. The number of ketones is 1. The lowest BCUT2D eigenvalue weighted by atomic mass is 10.1. The van der Waals surface area contributed by atoms with Crippen LogP contribution in [0.15, 0.2) is 24.3 Å². The van der Waals surface area contributed by atoms with E-state index >= 15 is 0 Å². The molecule has 2 N–H and O–H groups in total. The molecule has 0 saturated carbocycles. The highest BCUT2D eigenvalue weighted by molar-refractivity contribution is 6.22. The zero-order valence-corrected chi connectivity index (χ0v) is 10.0. The predicted molar refractivity (Wildman–Crippen MR) is 68.8 cm³/mol. The van der Waals surface area contributed by atoms with Crippen molar-refractivity contribution in [2.24, 2.45) is 0 Å². The van der Waals surface area contributed by atoms with E-state index in [1.807, 2.05) is 12.1 Å². The van der Waals surface area contributed by atoms with Crippen LogP contribution in [0.4, 0.5) is 5.95 Å². The summed E-state index contributed by atoms with van der Waals surface area (Å²) in [5.74, 6) is -0.00340. The Bertz CT molecular complexity index is 949. The fourth-order valence-corrected chi connectivity index (χ4v) is 2.45. The number of hydrogen-bond acceptors (Lipinski definition) is 6. The lowest BCUT2D eigenvalue weighted by molar-refractivity contribution is 0.104. The molecule has 0 unspecified atom stereocenters. The first-order chi connectivity index (χ1) is 9.70. The molecule has 20 heavy (non-hydrogen) atoms. The summed E-state index contributed by atoms with van der Waals surface area (Å²) in [7, 11) is 0. The first-order valence-corrected chi connectivity index (χ1v) is 5.81. The SMILES string of the molecule is N#Cc1c2c(nc3nc(N)nn13)-c1ccccc1C2=O. The molecule has 0 spiro atoms. The molecule has 1 aliphatic rings. The Balaban J connectivity index is 2.21. The van der Waals surface area contributed by atoms with E-state index in [2.05, 4.69) is 15.1 Å². The van der Waals surface area contributed by atoms with E-state index in [1.54, 1.807) is 18.2 Å². The molecule has 0 amide bonds. The Morgan fingerprint density at radius 1 is 1.20 bits per heavy atom. The van der Waals surface area contributed by atoms with Crippen LogP contribution in [0.1, 0.15) is 21.6 Å². The Morgan fingerprint density at radius 3 is 2.70 bits per heavy atom. The van der Waals surface area contributed by atoms with Crippen molar-refractivity contribution < 1.29 is 4.79 Å². The molecule has 94 valence electrons. The molecule has 0 atom stereocenters. The lowest BCUT2D eigenvalue weighted by Crippen LogP contribution is -2.07. The van der Waals surface area contributed by atoms with E-state index in [0.29, 0.717) is 16.8 Å². The van der Waals surface area contributed by atoms with Gasteiger partial charge in [0, 0.05) is 11.1 Å². The van der Waals surface area contributed by atoms with Crippen molar-refractivity contribution in [2.45, 2.75) is 0 Å². The second kappa shape index (κ2) is 3.39. The molecule has 0 fully saturated rings. The monoisotopic (exact) mass is 262 g/mol. The average Bonchev–Trinajstić information content (AvgIpc) is 2.96. The van der Waals surface area contributed by atoms with E-state index in [9.17, 15) is 10.1 Å². The van der Waals surface area contributed by atoms with Crippen molar-refractivity contribution in [2.75, 3.05) is 5.73 Å². The van der Waals surface area contributed by atoms with Gasteiger partial charge in [-0.25, -0.2) is 4.98 Å². The van der Waals surface area contributed by atoms with Crippen LogP contribution in [0.2, 0.25) is 0 Å². The van der Waals surface area contributed by atoms with E-state index < -0.39 is 0 Å². The van der Waals surface area contributed by atoms with Crippen LogP contribution >= 0.6 is 0 Å². The summed E-state index contributed by atoms with van der Waals surface area (Å²) < 4.78 is 1.21. The van der Waals surface area contributed by atoms with E-state index in [1.165, 1.54) is 4.52 Å². The Kier molecular flexibility index (Phi) is 1.80. The number of rotatable bonds is 0. The third-order valence-electron chi connectivity index (χ3n) is 3.26. The van der Waals surface area contributed by atoms with Crippen LogP contribution in [-0.4, -0.2) is 25.4 Å². The number of fused-ring (bicyclic) bond motifs is 4. The molecule has 3 aromatic rings. The van der Waals surface area contributed by atoms with Crippen molar-refractivity contribution in [1.29, 1.82) is 5.26 Å². The molecule has 0 bridgehead atoms. The molecule has 0 aliphatic heterocycles. The molecule has 0 radical (unpaired) electrons. The minimum absolute atomic E-state index is 0.0124. The summed E-state index contributed by atoms with van der Waals surface area (Å²) in [6.07, 6.45) is 0. The van der Waals surface area contributed by atoms with Crippen molar-refractivity contribution >= 4 is 17.5 Å². The first-order valence-electron chi connectivity index (χ1n) is 5.81. The Morgan fingerprint density at radius 2 is 1.95 bits per heavy atom. The maximum atomic E-state index is 12.4. The molecule has 7 nitrogen and oxygen atoms in total. The summed E-state index contributed by atoms with van der Waals surface area (Å²) in [6.45, 7) is 0. The summed E-state index contributed by atoms with van der Waals surface area (Å²) in [5, 5.41) is 13.3. The Labute approximate surface area is 112 Å². The minimum atomic E-state index is -0.226. The van der Waals surface area contributed by atoms with Gasteiger partial charge >= 0.3 is 0 Å². The summed E-state index contributed by atoms with van der Waals surface area (Å²) in [5.41, 5.74) is 7.59. The van der Waals surface area contributed by atoms with E-state index in [4.69, 9.17) is 5.73 Å². The van der Waals surface area contributed by atoms with Crippen molar-refractivity contribution in [3.63, 3.8) is 0 Å². The van der Waals surface area contributed by atoms with Gasteiger partial charge in [0.05, 0.1) is 11.3 Å². The number of nitriles is 1. The standard InChI is InChI=1S/C13H6N6O/c14-5-8-9-10(16-13-17-12(15)18-19(8)13)6-3-1-2-4-7(6)11(9)20/h1-4H,(H2,15,18). The molecule has 4 rings (SSSR count). The summed E-state index contributed by atoms with van der Waals surface area (Å²) in [4.78, 5) is 20.7. The molecule has 0 saturated heterocycles. The van der Waals surface area contributed by atoms with Gasteiger partial charge in [0.2, 0.25) is 5.95 Å². The Hall–Kier alpha value is -3.27. The fourth-order valence-electron chi connectivity index (χ4n) is 2.45. The van der Waals surface area contributed by atoms with E-state index in [0.717, 1.165) is 0 Å². The molecule has 7 heteroatoms. The van der Waals surface area contributed by atoms with Crippen LogP contribution in [-0.2, 0) is 0 Å². The number of anilines is 1. The van der Waals surface area contributed by atoms with Gasteiger partial charge < -0.3 is 5.73 Å². The summed E-state index contributed by atoms with van der Waals surface area (Å²) >= 11 is 0. The first kappa shape index (κ1) is 10.6. The number of benzene rings is 1. The van der Waals surface area contributed by atoms with Gasteiger partial charge in [0.15, 0.2) is 11.5 Å². The zero-order chi connectivity index (χ0) is 13.9. The third kappa shape index (κ3) is 1.12. The molecular weight excluding hydrogens is 256 g/mol. The quantitative estimate of drug-likeness (QED) is 0.501. The lowest BCUT2D eigenvalue weighted by Gasteiger charge is -2.01. The highest BCUT2D eigenvalue weighted by Gasteiger charge is 2.33. The number of carbonyl (C=O) groups excluding carboxylic acids is 1. The maximum Gasteiger partial charge on any atom is 0.255 e. The number of nitrogens with zero attached hydrogens (tertiary/aromatic N) is 5. The number of nitrogens with two attached hydrogens (primary N) is 1. The van der Waals surface area contributed by atoms with E-state index in [-0.39, 0.29) is 28.8 Å². The number of nitrogen functional groups attached to an aromatic ring is 1. The summed E-state index contributed by atoms with van der Waals surface area (Å²) in [6, 6.07) is 9.09. The third-order valence-corrected chi connectivity index (χ3v) is 3.26. The molecular formula is C13H6N6O. The van der Waals surface area contributed by atoms with Gasteiger partial charge in [-0.05, 0) is 0 Å².